The second-order valence-corrected chi connectivity index (χ2v) is 6.85. The highest BCUT2D eigenvalue weighted by atomic mass is 16.2. The second-order valence-electron chi connectivity index (χ2n) is 6.85. The predicted octanol–water partition coefficient (Wildman–Crippen LogP) is 2.45. The number of fused-ring (bicyclic) bond motifs is 1. The van der Waals surface area contributed by atoms with Gasteiger partial charge in [0.25, 0.3) is 0 Å². The van der Waals surface area contributed by atoms with Crippen LogP contribution in [0.4, 0.5) is 10.7 Å². The number of rotatable bonds is 4. The molecule has 2 aromatic rings. The van der Waals surface area contributed by atoms with E-state index in [1.54, 1.807) is 0 Å². The molecular weight excluding hydrogens is 302 g/mol. The van der Waals surface area contributed by atoms with Gasteiger partial charge in [-0.15, -0.1) is 0 Å². The van der Waals surface area contributed by atoms with Gasteiger partial charge in [0.1, 0.15) is 0 Å². The Morgan fingerprint density at radius 1 is 1.21 bits per heavy atom. The van der Waals surface area contributed by atoms with Gasteiger partial charge in [0.05, 0.1) is 11.0 Å². The lowest BCUT2D eigenvalue weighted by Crippen LogP contribution is -2.52. The van der Waals surface area contributed by atoms with E-state index in [0.29, 0.717) is 5.92 Å². The lowest BCUT2D eigenvalue weighted by molar-refractivity contribution is 0.193. The van der Waals surface area contributed by atoms with Gasteiger partial charge in [0.15, 0.2) is 0 Å². The van der Waals surface area contributed by atoms with Gasteiger partial charge in [0.2, 0.25) is 5.95 Å². The molecule has 0 atom stereocenters. The molecule has 0 spiro atoms. The van der Waals surface area contributed by atoms with Gasteiger partial charge in [-0.1, -0.05) is 26.0 Å². The van der Waals surface area contributed by atoms with E-state index in [1.807, 2.05) is 23.1 Å². The molecule has 0 unspecified atom stereocenters. The molecule has 0 saturated carbocycles. The Hall–Kier alpha value is -2.24. The molecule has 6 nitrogen and oxygen atoms in total. The summed E-state index contributed by atoms with van der Waals surface area (Å²) in [5.41, 5.74) is 2.16. The standard InChI is InChI=1S/C18H27N5O/c1-14(2)8-9-19-18(24)23-12-10-22(11-13-23)17-20-15-6-4-5-7-16(15)21(17)3/h4-7,14H,8-13H2,1-3H3,(H,19,24). The second kappa shape index (κ2) is 7.11. The van der Waals surface area contributed by atoms with E-state index in [-0.39, 0.29) is 6.03 Å². The minimum absolute atomic E-state index is 0.0558. The first-order valence-electron chi connectivity index (χ1n) is 8.75. The summed E-state index contributed by atoms with van der Waals surface area (Å²) in [6.45, 7) is 8.18. The Balaban J connectivity index is 1.58. The monoisotopic (exact) mass is 329 g/mol. The third kappa shape index (κ3) is 3.47. The van der Waals surface area contributed by atoms with Gasteiger partial charge >= 0.3 is 6.03 Å². The van der Waals surface area contributed by atoms with E-state index in [2.05, 4.69) is 41.7 Å². The Kier molecular flexibility index (Phi) is 4.92. The molecule has 24 heavy (non-hydrogen) atoms. The molecular formula is C18H27N5O. The maximum Gasteiger partial charge on any atom is 0.317 e. The first-order chi connectivity index (χ1) is 11.6. The van der Waals surface area contributed by atoms with Gasteiger partial charge in [0, 0.05) is 39.8 Å². The molecule has 130 valence electrons. The molecule has 1 aliphatic heterocycles. The van der Waals surface area contributed by atoms with Gasteiger partial charge in [-0.2, -0.15) is 0 Å². The number of imidazole rings is 1. The minimum Gasteiger partial charge on any atom is -0.339 e. The fraction of sp³-hybridized carbons (Fsp3) is 0.556. The summed E-state index contributed by atoms with van der Waals surface area (Å²) in [6, 6.07) is 8.23. The largest absolute Gasteiger partial charge is 0.339 e. The van der Waals surface area contributed by atoms with Crippen molar-refractivity contribution in [2.75, 3.05) is 37.6 Å². The zero-order valence-corrected chi connectivity index (χ0v) is 14.8. The van der Waals surface area contributed by atoms with Crippen LogP contribution < -0.4 is 10.2 Å². The molecule has 0 bridgehead atoms. The van der Waals surface area contributed by atoms with Crippen molar-refractivity contribution in [3.8, 4) is 0 Å². The van der Waals surface area contributed by atoms with E-state index in [0.717, 1.165) is 56.1 Å². The van der Waals surface area contributed by atoms with E-state index in [1.165, 1.54) is 0 Å². The third-order valence-corrected chi connectivity index (χ3v) is 4.61. The zero-order valence-electron chi connectivity index (χ0n) is 14.8. The van der Waals surface area contributed by atoms with Crippen LogP contribution in [0.15, 0.2) is 24.3 Å². The van der Waals surface area contributed by atoms with Crippen LogP contribution >= 0.6 is 0 Å². The average molecular weight is 329 g/mol. The molecule has 1 aromatic heterocycles. The fourth-order valence-corrected chi connectivity index (χ4v) is 3.10. The summed E-state index contributed by atoms with van der Waals surface area (Å²) in [5, 5.41) is 3.02. The predicted molar refractivity (Wildman–Crippen MR) is 97.4 cm³/mol. The molecule has 3 rings (SSSR count). The first-order valence-corrected chi connectivity index (χ1v) is 8.75. The molecule has 2 amide bonds. The SMILES string of the molecule is CC(C)CCNC(=O)N1CCN(c2nc3ccccc3n2C)CC1. The summed E-state index contributed by atoms with van der Waals surface area (Å²) >= 11 is 0. The molecule has 2 heterocycles. The lowest BCUT2D eigenvalue weighted by Gasteiger charge is -2.35. The molecule has 1 saturated heterocycles. The number of amides is 2. The Morgan fingerprint density at radius 3 is 2.58 bits per heavy atom. The molecule has 1 fully saturated rings. The van der Waals surface area contributed by atoms with Crippen LogP contribution in [0.3, 0.4) is 0 Å². The highest BCUT2D eigenvalue weighted by molar-refractivity contribution is 5.79. The Bertz CT molecular complexity index is 700. The van der Waals surface area contributed by atoms with E-state index >= 15 is 0 Å². The fourth-order valence-electron chi connectivity index (χ4n) is 3.10. The number of aryl methyl sites for hydroxylation is 1. The summed E-state index contributed by atoms with van der Waals surface area (Å²) < 4.78 is 2.13. The number of piperazine rings is 1. The van der Waals surface area contributed by atoms with Gasteiger partial charge < -0.3 is 19.7 Å². The van der Waals surface area contributed by atoms with Crippen LogP contribution in [0, 0.1) is 5.92 Å². The van der Waals surface area contributed by atoms with Crippen molar-refractivity contribution in [2.45, 2.75) is 20.3 Å². The van der Waals surface area contributed by atoms with Crippen LogP contribution in [0.5, 0.6) is 0 Å². The Morgan fingerprint density at radius 2 is 1.92 bits per heavy atom. The van der Waals surface area contributed by atoms with Crippen molar-refractivity contribution in [3.05, 3.63) is 24.3 Å². The van der Waals surface area contributed by atoms with Crippen LogP contribution in [0.25, 0.3) is 11.0 Å². The van der Waals surface area contributed by atoms with Crippen molar-refractivity contribution in [3.63, 3.8) is 0 Å². The highest BCUT2D eigenvalue weighted by Crippen LogP contribution is 2.21. The molecule has 0 aliphatic carbocycles. The molecule has 0 radical (unpaired) electrons. The molecule has 1 N–H and O–H groups in total. The highest BCUT2D eigenvalue weighted by Gasteiger charge is 2.23. The van der Waals surface area contributed by atoms with Crippen molar-refractivity contribution < 1.29 is 4.79 Å². The number of para-hydroxylation sites is 2. The average Bonchev–Trinajstić information content (AvgIpc) is 2.92. The van der Waals surface area contributed by atoms with Crippen molar-refractivity contribution in [2.24, 2.45) is 13.0 Å². The van der Waals surface area contributed by atoms with Crippen LogP contribution in [0.2, 0.25) is 0 Å². The van der Waals surface area contributed by atoms with Crippen molar-refractivity contribution in [1.29, 1.82) is 0 Å². The van der Waals surface area contributed by atoms with Gasteiger partial charge in [-0.05, 0) is 24.5 Å². The van der Waals surface area contributed by atoms with Crippen molar-refractivity contribution >= 4 is 23.0 Å². The van der Waals surface area contributed by atoms with E-state index in [9.17, 15) is 4.79 Å². The molecule has 1 aromatic carbocycles. The number of anilines is 1. The number of nitrogens with one attached hydrogen (secondary N) is 1. The van der Waals surface area contributed by atoms with E-state index < -0.39 is 0 Å². The number of urea groups is 1. The topological polar surface area (TPSA) is 53.4 Å². The molecule has 1 aliphatic rings. The number of nitrogens with zero attached hydrogens (tertiary/aromatic N) is 4. The number of aromatic nitrogens is 2. The van der Waals surface area contributed by atoms with Crippen molar-refractivity contribution in [1.82, 2.24) is 19.8 Å². The third-order valence-electron chi connectivity index (χ3n) is 4.61. The number of hydrogen-bond acceptors (Lipinski definition) is 3. The number of carbonyl (C=O) groups excluding carboxylic acids is 1. The summed E-state index contributed by atoms with van der Waals surface area (Å²) in [6.07, 6.45) is 1.02. The van der Waals surface area contributed by atoms with Gasteiger partial charge in [-0.3, -0.25) is 0 Å². The number of benzene rings is 1. The van der Waals surface area contributed by atoms with Gasteiger partial charge in [-0.25, -0.2) is 9.78 Å². The maximum atomic E-state index is 12.2. The molecule has 6 heteroatoms. The van der Waals surface area contributed by atoms with E-state index in [4.69, 9.17) is 4.98 Å². The normalized spacial score (nSPS) is 15.3. The zero-order chi connectivity index (χ0) is 17.1. The Labute approximate surface area is 143 Å². The summed E-state index contributed by atoms with van der Waals surface area (Å²) in [7, 11) is 2.05. The lowest BCUT2D eigenvalue weighted by atomic mass is 10.1. The first kappa shape index (κ1) is 16.6. The smallest absolute Gasteiger partial charge is 0.317 e. The number of hydrogen-bond donors (Lipinski definition) is 1. The minimum atomic E-state index is 0.0558. The summed E-state index contributed by atoms with van der Waals surface area (Å²) in [5.74, 6) is 1.59. The van der Waals surface area contributed by atoms with Crippen LogP contribution in [0.1, 0.15) is 20.3 Å². The number of carbonyl (C=O) groups is 1. The van der Waals surface area contributed by atoms with Crippen LogP contribution in [-0.2, 0) is 7.05 Å². The van der Waals surface area contributed by atoms with Crippen LogP contribution in [-0.4, -0.2) is 53.2 Å². The maximum absolute atomic E-state index is 12.2. The quantitative estimate of drug-likeness (QED) is 0.937. The summed E-state index contributed by atoms with van der Waals surface area (Å²) in [4.78, 5) is 21.1.